The van der Waals surface area contributed by atoms with Gasteiger partial charge in [-0.2, -0.15) is 0 Å². The average molecular weight is 209 g/mol. The lowest BCUT2D eigenvalue weighted by atomic mass is 9.71. The van der Waals surface area contributed by atoms with Gasteiger partial charge in [-0.1, -0.05) is 50.3 Å². The maximum absolute atomic E-state index is 4.76. The molecule has 2 aliphatic rings. The number of rotatable bonds is 0. The third-order valence-corrected chi connectivity index (χ3v) is 3.53. The van der Waals surface area contributed by atoms with Crippen LogP contribution in [0.2, 0.25) is 0 Å². The summed E-state index contributed by atoms with van der Waals surface area (Å²) in [4.78, 5) is 4.76. The molecule has 0 N–H and O–H groups in total. The van der Waals surface area contributed by atoms with Gasteiger partial charge in [0.25, 0.3) is 0 Å². The zero-order chi connectivity index (χ0) is 11.2. The second-order valence-electron chi connectivity index (χ2n) is 4.91. The van der Waals surface area contributed by atoms with Crippen LogP contribution in [0.3, 0.4) is 0 Å². The highest BCUT2D eigenvalue weighted by Crippen LogP contribution is 2.43. The van der Waals surface area contributed by atoms with Crippen LogP contribution in [-0.2, 0) is 5.41 Å². The van der Waals surface area contributed by atoms with Gasteiger partial charge in [0.05, 0.1) is 5.69 Å². The highest BCUT2D eigenvalue weighted by atomic mass is 14.8. The lowest BCUT2D eigenvalue weighted by Crippen LogP contribution is -2.29. The van der Waals surface area contributed by atoms with Crippen LogP contribution >= 0.6 is 0 Å². The van der Waals surface area contributed by atoms with E-state index in [1.165, 1.54) is 16.8 Å². The largest absolute Gasteiger partial charge is 0.252 e. The molecule has 0 radical (unpaired) electrons. The number of nitrogens with zero attached hydrogens (tertiary/aromatic N) is 1. The van der Waals surface area contributed by atoms with Gasteiger partial charge < -0.3 is 0 Å². The molecule has 1 aromatic carbocycles. The van der Waals surface area contributed by atoms with Gasteiger partial charge in [-0.3, -0.25) is 4.99 Å². The molecule has 80 valence electrons. The quantitative estimate of drug-likeness (QED) is 0.613. The van der Waals surface area contributed by atoms with Crippen LogP contribution in [0, 0.1) is 0 Å². The van der Waals surface area contributed by atoms with Crippen molar-refractivity contribution in [3.8, 4) is 0 Å². The van der Waals surface area contributed by atoms with Crippen molar-refractivity contribution < 1.29 is 0 Å². The van der Waals surface area contributed by atoms with Gasteiger partial charge >= 0.3 is 0 Å². The van der Waals surface area contributed by atoms with Crippen molar-refractivity contribution in [1.29, 1.82) is 0 Å². The Morgan fingerprint density at radius 1 is 1.19 bits per heavy atom. The van der Waals surface area contributed by atoms with Crippen molar-refractivity contribution in [3.63, 3.8) is 0 Å². The predicted molar refractivity (Wildman–Crippen MR) is 68.4 cm³/mol. The Morgan fingerprint density at radius 3 is 2.88 bits per heavy atom. The fourth-order valence-electron chi connectivity index (χ4n) is 2.62. The SMILES string of the molecule is CC1(C)C2=CC=CCC2=Nc2ccccc21. The van der Waals surface area contributed by atoms with Crippen molar-refractivity contribution in [3.05, 3.63) is 53.6 Å². The van der Waals surface area contributed by atoms with Gasteiger partial charge in [0.2, 0.25) is 0 Å². The first-order valence-corrected chi connectivity index (χ1v) is 5.74. The molecule has 0 atom stereocenters. The molecule has 1 heteroatoms. The second kappa shape index (κ2) is 3.18. The molecule has 3 rings (SSSR count). The molecule has 1 aromatic rings. The topological polar surface area (TPSA) is 12.4 Å². The fraction of sp³-hybridized carbons (Fsp3) is 0.267. The third-order valence-electron chi connectivity index (χ3n) is 3.53. The Hall–Kier alpha value is -1.63. The number of fused-ring (bicyclic) bond motifs is 2. The van der Waals surface area contributed by atoms with Crippen molar-refractivity contribution >= 4 is 11.4 Å². The first-order valence-electron chi connectivity index (χ1n) is 5.74. The molecule has 1 heterocycles. The van der Waals surface area contributed by atoms with E-state index in [2.05, 4.69) is 56.3 Å². The summed E-state index contributed by atoms with van der Waals surface area (Å²) in [6.45, 7) is 4.57. The molecule has 0 unspecified atom stereocenters. The summed E-state index contributed by atoms with van der Waals surface area (Å²) >= 11 is 0. The minimum atomic E-state index is 0.0818. The number of para-hydroxylation sites is 1. The minimum absolute atomic E-state index is 0.0818. The highest BCUT2D eigenvalue weighted by molar-refractivity contribution is 6.07. The van der Waals surface area contributed by atoms with Crippen molar-refractivity contribution in [2.45, 2.75) is 25.7 Å². The fourth-order valence-corrected chi connectivity index (χ4v) is 2.62. The van der Waals surface area contributed by atoms with Gasteiger partial charge in [-0.25, -0.2) is 0 Å². The molecular weight excluding hydrogens is 194 g/mol. The van der Waals surface area contributed by atoms with E-state index < -0.39 is 0 Å². The molecule has 1 aliphatic carbocycles. The van der Waals surface area contributed by atoms with Gasteiger partial charge in [-0.05, 0) is 17.2 Å². The van der Waals surface area contributed by atoms with Crippen LogP contribution in [0.25, 0.3) is 0 Å². The zero-order valence-electron chi connectivity index (χ0n) is 9.70. The van der Waals surface area contributed by atoms with E-state index >= 15 is 0 Å². The molecule has 0 spiro atoms. The zero-order valence-corrected chi connectivity index (χ0v) is 9.70. The Labute approximate surface area is 96.2 Å². The monoisotopic (exact) mass is 209 g/mol. The van der Waals surface area contributed by atoms with Crippen LogP contribution < -0.4 is 0 Å². The van der Waals surface area contributed by atoms with E-state index in [1.807, 2.05) is 0 Å². The van der Waals surface area contributed by atoms with Gasteiger partial charge in [0.15, 0.2) is 0 Å². The standard InChI is InChI=1S/C15H15N/c1-15(2)11-7-3-5-9-13(11)16-14-10-6-4-8-12(14)15/h3-9H,10H2,1-2H3. The first kappa shape index (κ1) is 9.59. The van der Waals surface area contributed by atoms with Gasteiger partial charge in [0.1, 0.15) is 0 Å². The van der Waals surface area contributed by atoms with Gasteiger partial charge in [-0.15, -0.1) is 0 Å². The number of allylic oxidation sites excluding steroid dienone is 4. The lowest BCUT2D eigenvalue weighted by molar-refractivity contribution is 0.639. The second-order valence-corrected chi connectivity index (χ2v) is 4.91. The van der Waals surface area contributed by atoms with Crippen molar-refractivity contribution in [2.24, 2.45) is 4.99 Å². The summed E-state index contributed by atoms with van der Waals surface area (Å²) in [5.74, 6) is 0. The van der Waals surface area contributed by atoms with Crippen LogP contribution in [0.5, 0.6) is 0 Å². The number of hydrogen-bond donors (Lipinski definition) is 0. The Morgan fingerprint density at radius 2 is 2.00 bits per heavy atom. The van der Waals surface area contributed by atoms with Crippen molar-refractivity contribution in [1.82, 2.24) is 0 Å². The maximum Gasteiger partial charge on any atom is 0.0674 e. The summed E-state index contributed by atoms with van der Waals surface area (Å²) in [6, 6.07) is 8.46. The van der Waals surface area contributed by atoms with E-state index in [9.17, 15) is 0 Å². The molecule has 0 saturated heterocycles. The van der Waals surface area contributed by atoms with E-state index in [-0.39, 0.29) is 5.41 Å². The highest BCUT2D eigenvalue weighted by Gasteiger charge is 2.34. The van der Waals surface area contributed by atoms with Crippen LogP contribution in [0.4, 0.5) is 5.69 Å². The number of hydrogen-bond acceptors (Lipinski definition) is 1. The minimum Gasteiger partial charge on any atom is -0.252 e. The summed E-state index contributed by atoms with van der Waals surface area (Å²) in [5.41, 5.74) is 5.15. The summed E-state index contributed by atoms with van der Waals surface area (Å²) in [5, 5.41) is 0. The Kier molecular flexibility index (Phi) is 1.90. The molecular formula is C15H15N. The summed E-state index contributed by atoms with van der Waals surface area (Å²) in [6.07, 6.45) is 7.48. The van der Waals surface area contributed by atoms with E-state index in [0.29, 0.717) is 0 Å². The normalized spacial score (nSPS) is 20.6. The average Bonchev–Trinajstić information content (AvgIpc) is 2.29. The van der Waals surface area contributed by atoms with Crippen molar-refractivity contribution in [2.75, 3.05) is 0 Å². The molecule has 1 aliphatic heterocycles. The maximum atomic E-state index is 4.76. The smallest absolute Gasteiger partial charge is 0.0674 e. The van der Waals surface area contributed by atoms with Crippen LogP contribution in [0.1, 0.15) is 25.8 Å². The molecule has 1 nitrogen and oxygen atoms in total. The Balaban J connectivity index is 2.29. The molecule has 0 amide bonds. The molecule has 16 heavy (non-hydrogen) atoms. The molecule has 0 fully saturated rings. The lowest BCUT2D eigenvalue weighted by Gasteiger charge is -2.35. The van der Waals surface area contributed by atoms with Crippen LogP contribution in [-0.4, -0.2) is 5.71 Å². The first-order chi connectivity index (χ1) is 7.69. The molecule has 0 aromatic heterocycles. The summed E-state index contributed by atoms with van der Waals surface area (Å²) < 4.78 is 0. The number of benzene rings is 1. The molecule has 0 bridgehead atoms. The van der Waals surface area contributed by atoms with Gasteiger partial charge in [0, 0.05) is 17.5 Å². The van der Waals surface area contributed by atoms with E-state index in [4.69, 9.17) is 4.99 Å². The Bertz CT molecular complexity index is 530. The van der Waals surface area contributed by atoms with Crippen LogP contribution in [0.15, 0.2) is 53.1 Å². The molecule has 0 saturated carbocycles. The predicted octanol–water partition coefficient (Wildman–Crippen LogP) is 3.94. The number of aliphatic imine (C=N–C) groups is 1. The third kappa shape index (κ3) is 1.21. The van der Waals surface area contributed by atoms with E-state index in [1.54, 1.807) is 0 Å². The summed E-state index contributed by atoms with van der Waals surface area (Å²) in [7, 11) is 0. The van der Waals surface area contributed by atoms with E-state index in [0.717, 1.165) is 12.1 Å².